The highest BCUT2D eigenvalue weighted by atomic mass is 35.5. The highest BCUT2D eigenvalue weighted by Crippen LogP contribution is 2.19. The lowest BCUT2D eigenvalue weighted by Gasteiger charge is -1.97. The molecule has 0 saturated heterocycles. The van der Waals surface area contributed by atoms with Gasteiger partial charge < -0.3 is 0 Å². The predicted molar refractivity (Wildman–Crippen MR) is 44.4 cm³/mol. The first-order valence-electron chi connectivity index (χ1n) is 2.90. The monoisotopic (exact) mass is 200 g/mol. The number of rotatable bonds is 1. The Hall–Kier alpha value is -1.11. The zero-order valence-corrected chi connectivity index (χ0v) is 7.23. The maximum atomic E-state index is 10.3. The number of hydrogen-bond donors (Lipinski definition) is 0. The Labute approximate surface area is 78.5 Å². The average molecular weight is 201 g/mol. The van der Waals surface area contributed by atoms with Crippen molar-refractivity contribution in [2.75, 3.05) is 0 Å². The number of aromatic nitrogens is 1. The Kier molecular flexibility index (Phi) is 2.64. The van der Waals surface area contributed by atoms with Crippen LogP contribution < -0.4 is 0 Å². The fourth-order valence-corrected chi connectivity index (χ4v) is 1.03. The average Bonchev–Trinajstić information content (AvgIpc) is 2.08. The van der Waals surface area contributed by atoms with E-state index < -0.39 is 0 Å². The molecule has 0 saturated carbocycles. The molecular weight excluding hydrogens is 199 g/mol. The van der Waals surface area contributed by atoms with Crippen molar-refractivity contribution in [2.24, 2.45) is 0 Å². The van der Waals surface area contributed by atoms with Crippen LogP contribution in [0.25, 0.3) is 0 Å². The van der Waals surface area contributed by atoms with E-state index >= 15 is 0 Å². The maximum absolute atomic E-state index is 10.3. The molecule has 3 nitrogen and oxygen atoms in total. The number of nitriles is 1. The van der Waals surface area contributed by atoms with Crippen molar-refractivity contribution in [3.05, 3.63) is 27.5 Å². The highest BCUT2D eigenvalue weighted by Gasteiger charge is 2.07. The quantitative estimate of drug-likeness (QED) is 0.516. The summed E-state index contributed by atoms with van der Waals surface area (Å²) in [6.45, 7) is 0. The van der Waals surface area contributed by atoms with E-state index in [0.29, 0.717) is 6.29 Å². The molecule has 1 heterocycles. The first-order valence-corrected chi connectivity index (χ1v) is 3.66. The summed E-state index contributed by atoms with van der Waals surface area (Å²) in [6, 6.07) is 3.05. The Bertz CT molecular complexity index is 370. The summed E-state index contributed by atoms with van der Waals surface area (Å²) in [5, 5.41) is 8.58. The molecular formula is C7H2Cl2N2O. The molecule has 0 bridgehead atoms. The molecule has 1 aromatic heterocycles. The van der Waals surface area contributed by atoms with Crippen LogP contribution in [0.2, 0.25) is 10.2 Å². The van der Waals surface area contributed by atoms with Crippen LogP contribution in [0.4, 0.5) is 0 Å². The number of pyridine rings is 1. The molecule has 1 aromatic rings. The Balaban J connectivity index is 3.38. The van der Waals surface area contributed by atoms with Crippen LogP contribution in [0.1, 0.15) is 16.1 Å². The first kappa shape index (κ1) is 8.98. The first-order chi connectivity index (χ1) is 5.69. The van der Waals surface area contributed by atoms with E-state index in [0.717, 1.165) is 0 Å². The van der Waals surface area contributed by atoms with Crippen LogP contribution in [-0.4, -0.2) is 11.3 Å². The minimum absolute atomic E-state index is 0.00838. The lowest BCUT2D eigenvalue weighted by Crippen LogP contribution is -1.90. The molecule has 0 aliphatic heterocycles. The van der Waals surface area contributed by atoms with Crippen molar-refractivity contribution in [3.8, 4) is 6.07 Å². The van der Waals surface area contributed by atoms with Crippen LogP contribution in [-0.2, 0) is 0 Å². The van der Waals surface area contributed by atoms with Gasteiger partial charge in [-0.25, -0.2) is 4.98 Å². The van der Waals surface area contributed by atoms with Crippen LogP contribution in [0.15, 0.2) is 6.07 Å². The summed E-state index contributed by atoms with van der Waals surface area (Å²) < 4.78 is 0. The third-order valence-corrected chi connectivity index (χ3v) is 1.78. The topological polar surface area (TPSA) is 53.8 Å². The second-order valence-electron chi connectivity index (χ2n) is 1.93. The van der Waals surface area contributed by atoms with Gasteiger partial charge in [0.1, 0.15) is 11.2 Å². The van der Waals surface area contributed by atoms with E-state index in [4.69, 9.17) is 28.5 Å². The third-order valence-electron chi connectivity index (χ3n) is 1.19. The molecule has 0 radical (unpaired) electrons. The van der Waals surface area contributed by atoms with Crippen LogP contribution in [0.3, 0.4) is 0 Å². The molecule has 0 atom stereocenters. The van der Waals surface area contributed by atoms with E-state index in [1.165, 1.54) is 6.07 Å². The SMILES string of the molecule is N#Cc1nc(Cl)c(C=O)cc1Cl. The molecule has 60 valence electrons. The lowest BCUT2D eigenvalue weighted by atomic mass is 10.3. The van der Waals surface area contributed by atoms with Gasteiger partial charge in [0, 0.05) is 0 Å². The standard InChI is InChI=1S/C7H2Cl2N2O/c8-5-1-4(3-12)7(9)11-6(5)2-10/h1,3H. The summed E-state index contributed by atoms with van der Waals surface area (Å²) in [5.74, 6) is 0. The number of carbonyl (C=O) groups is 1. The zero-order valence-electron chi connectivity index (χ0n) is 5.71. The molecule has 0 amide bonds. The Morgan fingerprint density at radius 1 is 1.58 bits per heavy atom. The smallest absolute Gasteiger partial charge is 0.160 e. The Morgan fingerprint density at radius 2 is 2.25 bits per heavy atom. The van der Waals surface area contributed by atoms with Crippen LogP contribution >= 0.6 is 23.2 Å². The van der Waals surface area contributed by atoms with E-state index in [1.807, 2.05) is 0 Å². The van der Waals surface area contributed by atoms with Gasteiger partial charge in [0.2, 0.25) is 0 Å². The molecule has 0 aliphatic rings. The molecule has 0 aliphatic carbocycles. The van der Waals surface area contributed by atoms with Gasteiger partial charge in [-0.15, -0.1) is 0 Å². The molecule has 0 unspecified atom stereocenters. The van der Waals surface area contributed by atoms with E-state index in [2.05, 4.69) is 4.98 Å². The number of hydrogen-bond acceptors (Lipinski definition) is 3. The van der Waals surface area contributed by atoms with Gasteiger partial charge in [-0.05, 0) is 6.07 Å². The second kappa shape index (κ2) is 3.53. The van der Waals surface area contributed by atoms with Crippen molar-refractivity contribution >= 4 is 29.5 Å². The molecule has 12 heavy (non-hydrogen) atoms. The molecule has 0 spiro atoms. The van der Waals surface area contributed by atoms with Crippen molar-refractivity contribution in [1.29, 1.82) is 5.26 Å². The number of halogens is 2. The van der Waals surface area contributed by atoms with Gasteiger partial charge in [-0.2, -0.15) is 5.26 Å². The highest BCUT2D eigenvalue weighted by molar-refractivity contribution is 6.34. The van der Waals surface area contributed by atoms with Crippen LogP contribution in [0.5, 0.6) is 0 Å². The molecule has 5 heteroatoms. The fourth-order valence-electron chi connectivity index (χ4n) is 0.642. The molecule has 1 rings (SSSR count). The largest absolute Gasteiger partial charge is 0.298 e. The van der Waals surface area contributed by atoms with E-state index in [1.54, 1.807) is 6.07 Å². The minimum Gasteiger partial charge on any atom is -0.298 e. The summed E-state index contributed by atoms with van der Waals surface area (Å²) in [5.41, 5.74) is 0.202. The summed E-state index contributed by atoms with van der Waals surface area (Å²) in [7, 11) is 0. The maximum Gasteiger partial charge on any atom is 0.160 e. The van der Waals surface area contributed by atoms with Crippen molar-refractivity contribution in [3.63, 3.8) is 0 Å². The number of carbonyl (C=O) groups excluding carboxylic acids is 1. The van der Waals surface area contributed by atoms with Gasteiger partial charge in [-0.1, -0.05) is 23.2 Å². The van der Waals surface area contributed by atoms with Crippen LogP contribution in [0, 0.1) is 11.3 Å². The number of aldehydes is 1. The summed E-state index contributed by atoms with van der Waals surface area (Å²) in [6.07, 6.45) is 0.530. The van der Waals surface area contributed by atoms with Gasteiger partial charge >= 0.3 is 0 Å². The van der Waals surface area contributed by atoms with Gasteiger partial charge in [-0.3, -0.25) is 4.79 Å². The summed E-state index contributed by atoms with van der Waals surface area (Å²) in [4.78, 5) is 13.9. The number of nitrogens with zero attached hydrogens (tertiary/aromatic N) is 2. The minimum atomic E-state index is -0.00838. The second-order valence-corrected chi connectivity index (χ2v) is 2.69. The van der Waals surface area contributed by atoms with Gasteiger partial charge in [0.05, 0.1) is 10.6 Å². The molecule has 0 fully saturated rings. The normalized spacial score (nSPS) is 9.08. The summed E-state index contributed by atoms with van der Waals surface area (Å²) >= 11 is 11.1. The van der Waals surface area contributed by atoms with Crippen molar-refractivity contribution in [2.45, 2.75) is 0 Å². The molecule has 0 aromatic carbocycles. The molecule has 0 N–H and O–H groups in total. The zero-order chi connectivity index (χ0) is 9.14. The lowest BCUT2D eigenvalue weighted by molar-refractivity contribution is 0.112. The Morgan fingerprint density at radius 3 is 2.75 bits per heavy atom. The predicted octanol–water partition coefficient (Wildman–Crippen LogP) is 2.07. The van der Waals surface area contributed by atoms with E-state index in [9.17, 15) is 4.79 Å². The third kappa shape index (κ3) is 1.55. The van der Waals surface area contributed by atoms with Gasteiger partial charge in [0.25, 0.3) is 0 Å². The van der Waals surface area contributed by atoms with Crippen molar-refractivity contribution in [1.82, 2.24) is 4.98 Å². The fraction of sp³-hybridized carbons (Fsp3) is 0. The van der Waals surface area contributed by atoms with Crippen molar-refractivity contribution < 1.29 is 4.79 Å². The van der Waals surface area contributed by atoms with Gasteiger partial charge in [0.15, 0.2) is 12.0 Å². The van der Waals surface area contributed by atoms with E-state index in [-0.39, 0.29) is 21.4 Å².